The quantitative estimate of drug-likeness (QED) is 0.716. The maximum atomic E-state index is 13.0. The summed E-state index contributed by atoms with van der Waals surface area (Å²) in [5, 5.41) is 19.4. The van der Waals surface area contributed by atoms with Crippen LogP contribution < -0.4 is 0 Å². The van der Waals surface area contributed by atoms with Crippen molar-refractivity contribution < 1.29 is 15.0 Å². The maximum absolute atomic E-state index is 13.0. The first-order chi connectivity index (χ1) is 14.6. The summed E-state index contributed by atoms with van der Waals surface area (Å²) >= 11 is 6.60. The first-order valence-corrected chi connectivity index (χ1v) is 11.4. The fourth-order valence-electron chi connectivity index (χ4n) is 4.96. The van der Waals surface area contributed by atoms with Crippen LogP contribution in [0, 0.1) is 11.8 Å². The van der Waals surface area contributed by atoms with Gasteiger partial charge in [0.05, 0.1) is 6.61 Å². The second-order valence-corrected chi connectivity index (χ2v) is 9.15. The molecule has 5 heteroatoms. The van der Waals surface area contributed by atoms with Crippen LogP contribution in [0.25, 0.3) is 11.1 Å². The summed E-state index contributed by atoms with van der Waals surface area (Å²) in [6.45, 7) is 1.12. The van der Waals surface area contributed by atoms with E-state index in [1.165, 1.54) is 0 Å². The average molecular weight is 428 g/mol. The molecule has 160 valence electrons. The molecule has 2 aliphatic rings. The molecule has 1 heterocycles. The highest BCUT2D eigenvalue weighted by Gasteiger charge is 2.37. The Labute approximate surface area is 183 Å². The lowest BCUT2D eigenvalue weighted by Gasteiger charge is -2.34. The van der Waals surface area contributed by atoms with E-state index in [1.807, 2.05) is 42.5 Å². The minimum absolute atomic E-state index is 0.00151. The minimum atomic E-state index is 0.00151. The molecule has 2 fully saturated rings. The fourth-order valence-corrected chi connectivity index (χ4v) is 5.22. The van der Waals surface area contributed by atoms with Gasteiger partial charge in [-0.15, -0.1) is 0 Å². The van der Waals surface area contributed by atoms with Gasteiger partial charge in [-0.2, -0.15) is 0 Å². The zero-order valence-electron chi connectivity index (χ0n) is 17.3. The third kappa shape index (κ3) is 4.56. The largest absolute Gasteiger partial charge is 0.396 e. The summed E-state index contributed by atoms with van der Waals surface area (Å²) in [5.74, 6) is 0.671. The van der Waals surface area contributed by atoms with Gasteiger partial charge in [0.2, 0.25) is 5.91 Å². The Hall–Kier alpha value is -1.88. The van der Waals surface area contributed by atoms with Gasteiger partial charge < -0.3 is 15.1 Å². The van der Waals surface area contributed by atoms with Crippen LogP contribution in [-0.2, 0) is 17.8 Å². The number of aliphatic hydroxyl groups is 2. The van der Waals surface area contributed by atoms with Crippen LogP contribution in [0.15, 0.2) is 42.5 Å². The molecule has 1 amide bonds. The van der Waals surface area contributed by atoms with E-state index >= 15 is 0 Å². The number of hydrogen-bond donors (Lipinski definition) is 2. The van der Waals surface area contributed by atoms with Gasteiger partial charge in [0.1, 0.15) is 0 Å². The molecule has 0 aromatic heterocycles. The van der Waals surface area contributed by atoms with Crippen LogP contribution in [0.5, 0.6) is 0 Å². The van der Waals surface area contributed by atoms with Crippen molar-refractivity contribution in [3.05, 3.63) is 58.6 Å². The van der Waals surface area contributed by atoms with Gasteiger partial charge in [0, 0.05) is 30.1 Å². The monoisotopic (exact) mass is 427 g/mol. The Kier molecular flexibility index (Phi) is 6.77. The van der Waals surface area contributed by atoms with Crippen LogP contribution >= 0.6 is 11.6 Å². The molecule has 4 nitrogen and oxygen atoms in total. The summed E-state index contributed by atoms with van der Waals surface area (Å²) in [6.07, 6.45) is 5.60. The van der Waals surface area contributed by atoms with Crippen molar-refractivity contribution in [2.24, 2.45) is 11.8 Å². The molecule has 0 spiro atoms. The highest BCUT2D eigenvalue weighted by molar-refractivity contribution is 6.31. The number of carbonyl (C=O) groups excluding carboxylic acids is 1. The van der Waals surface area contributed by atoms with E-state index in [1.54, 1.807) is 0 Å². The third-order valence-electron chi connectivity index (χ3n) is 6.83. The third-order valence-corrected chi connectivity index (χ3v) is 7.18. The van der Waals surface area contributed by atoms with E-state index < -0.39 is 0 Å². The Morgan fingerprint density at radius 2 is 1.73 bits per heavy atom. The molecular weight excluding hydrogens is 398 g/mol. The van der Waals surface area contributed by atoms with Crippen molar-refractivity contribution in [1.29, 1.82) is 0 Å². The molecule has 2 N–H and O–H groups in total. The molecule has 0 radical (unpaired) electrons. The molecule has 4 rings (SSSR count). The number of hydrogen-bond acceptors (Lipinski definition) is 3. The molecule has 1 unspecified atom stereocenters. The molecule has 1 atom stereocenters. The predicted octanol–water partition coefficient (Wildman–Crippen LogP) is 4.44. The summed E-state index contributed by atoms with van der Waals surface area (Å²) in [4.78, 5) is 15.1. The lowest BCUT2D eigenvalue weighted by atomic mass is 9.86. The molecule has 1 aliphatic carbocycles. The summed E-state index contributed by atoms with van der Waals surface area (Å²) in [7, 11) is 0. The smallest absolute Gasteiger partial charge is 0.226 e. The van der Waals surface area contributed by atoms with Crippen LogP contribution in [0.3, 0.4) is 0 Å². The van der Waals surface area contributed by atoms with Crippen molar-refractivity contribution in [2.45, 2.75) is 51.2 Å². The van der Waals surface area contributed by atoms with Crippen molar-refractivity contribution >= 4 is 17.5 Å². The van der Waals surface area contributed by atoms with E-state index in [0.717, 1.165) is 60.9 Å². The van der Waals surface area contributed by atoms with E-state index in [4.69, 9.17) is 11.6 Å². The van der Waals surface area contributed by atoms with Crippen LogP contribution in [-0.4, -0.2) is 40.2 Å². The average Bonchev–Trinajstić information content (AvgIpc) is 3.15. The topological polar surface area (TPSA) is 60.8 Å². The number of aliphatic hydroxyl groups excluding tert-OH is 2. The van der Waals surface area contributed by atoms with Gasteiger partial charge in [-0.1, -0.05) is 41.9 Å². The Balaban J connectivity index is 1.41. The number of nitrogens with zero attached hydrogens (tertiary/aromatic N) is 1. The normalized spacial score (nSPS) is 24.4. The number of halogens is 1. The van der Waals surface area contributed by atoms with Crippen molar-refractivity contribution in [2.75, 3.05) is 13.2 Å². The first-order valence-electron chi connectivity index (χ1n) is 11.0. The Morgan fingerprint density at radius 1 is 0.967 bits per heavy atom. The number of likely N-dealkylation sites (tertiary alicyclic amines) is 1. The predicted molar refractivity (Wildman–Crippen MR) is 119 cm³/mol. The number of carbonyl (C=O) groups is 1. The van der Waals surface area contributed by atoms with E-state index in [0.29, 0.717) is 23.4 Å². The standard InChI is InChI=1S/C25H30ClNO3/c26-24-14-20(19-3-1-2-18(12-19)16-29)6-7-21(24)13-22-10-11-27(25(22)30)23-8-4-17(15-28)5-9-23/h1-3,6-7,12,14,17,22-23,28-29H,4-5,8-11,13,15-16H2. The van der Waals surface area contributed by atoms with E-state index in [-0.39, 0.29) is 25.0 Å². The zero-order valence-corrected chi connectivity index (χ0v) is 18.0. The van der Waals surface area contributed by atoms with Gasteiger partial charge in [-0.25, -0.2) is 0 Å². The fraction of sp³-hybridized carbons (Fsp3) is 0.480. The van der Waals surface area contributed by atoms with E-state index in [2.05, 4.69) is 4.90 Å². The van der Waals surface area contributed by atoms with Crippen LogP contribution in [0.1, 0.15) is 43.2 Å². The minimum Gasteiger partial charge on any atom is -0.396 e. The lowest BCUT2D eigenvalue weighted by Crippen LogP contribution is -2.40. The lowest BCUT2D eigenvalue weighted by molar-refractivity contribution is -0.133. The second-order valence-electron chi connectivity index (χ2n) is 8.74. The number of rotatable bonds is 6. The maximum Gasteiger partial charge on any atom is 0.226 e. The molecule has 1 saturated carbocycles. The Bertz CT molecular complexity index is 892. The molecule has 1 saturated heterocycles. The van der Waals surface area contributed by atoms with Crippen molar-refractivity contribution in [1.82, 2.24) is 4.90 Å². The van der Waals surface area contributed by atoms with Gasteiger partial charge in [-0.05, 0) is 78.8 Å². The SMILES string of the molecule is O=C1C(Cc2ccc(-c3cccc(CO)c3)cc2Cl)CCN1C1CCC(CO)CC1. The first kappa shape index (κ1) is 21.4. The zero-order chi connectivity index (χ0) is 21.1. The van der Waals surface area contributed by atoms with Crippen LogP contribution in [0.4, 0.5) is 0 Å². The van der Waals surface area contributed by atoms with Crippen LogP contribution in [0.2, 0.25) is 5.02 Å². The molecule has 1 aliphatic heterocycles. The molecular formula is C25H30ClNO3. The van der Waals surface area contributed by atoms with Gasteiger partial charge in [0.15, 0.2) is 0 Å². The van der Waals surface area contributed by atoms with Gasteiger partial charge in [-0.3, -0.25) is 4.79 Å². The summed E-state index contributed by atoms with van der Waals surface area (Å²) in [5.41, 5.74) is 3.93. The number of amides is 1. The van der Waals surface area contributed by atoms with Gasteiger partial charge in [0.25, 0.3) is 0 Å². The van der Waals surface area contributed by atoms with Crippen molar-refractivity contribution in [3.8, 4) is 11.1 Å². The van der Waals surface area contributed by atoms with Crippen molar-refractivity contribution in [3.63, 3.8) is 0 Å². The summed E-state index contributed by atoms with van der Waals surface area (Å²) < 4.78 is 0. The molecule has 2 aromatic rings. The van der Waals surface area contributed by atoms with Gasteiger partial charge >= 0.3 is 0 Å². The number of benzene rings is 2. The second kappa shape index (κ2) is 9.51. The summed E-state index contributed by atoms with van der Waals surface area (Å²) in [6, 6.07) is 14.2. The van der Waals surface area contributed by atoms with E-state index in [9.17, 15) is 15.0 Å². The molecule has 0 bridgehead atoms. The molecule has 2 aromatic carbocycles. The Morgan fingerprint density at radius 3 is 2.43 bits per heavy atom. The highest BCUT2D eigenvalue weighted by atomic mass is 35.5. The molecule has 30 heavy (non-hydrogen) atoms. The highest BCUT2D eigenvalue weighted by Crippen LogP contribution is 2.34.